The number of rotatable bonds is 2. The Kier molecular flexibility index (Phi) is 3.45. The normalized spacial score (nSPS) is 18.4. The van der Waals surface area contributed by atoms with Crippen molar-refractivity contribution in [2.45, 2.75) is 27.7 Å². The van der Waals surface area contributed by atoms with Crippen molar-refractivity contribution in [2.24, 2.45) is 0 Å². The highest BCUT2D eigenvalue weighted by atomic mass is 19.2. The van der Waals surface area contributed by atoms with Crippen LogP contribution in [0.2, 0.25) is 0 Å². The van der Waals surface area contributed by atoms with Gasteiger partial charge in [-0.3, -0.25) is 4.79 Å². The standard InChI is InChI=1S/C20H19BF2N2O/c1-12-10-13(2)24-19(12)18(16-8-6-5-7-9-16)20-14(3)17(11-26)15(4)25(20)21(24,22)23/h5-11H,1-4H3. The molecule has 6 heteroatoms. The second-order valence-electron chi connectivity index (χ2n) is 6.98. The van der Waals surface area contributed by atoms with Crippen molar-refractivity contribution in [3.05, 3.63) is 75.8 Å². The van der Waals surface area contributed by atoms with Gasteiger partial charge in [-0.1, -0.05) is 30.3 Å². The summed E-state index contributed by atoms with van der Waals surface area (Å²) in [5.41, 5.74) is 5.15. The Morgan fingerprint density at radius 1 is 1.08 bits per heavy atom. The van der Waals surface area contributed by atoms with Crippen LogP contribution in [-0.4, -0.2) is 27.9 Å². The van der Waals surface area contributed by atoms with E-state index in [0.717, 1.165) is 25.7 Å². The van der Waals surface area contributed by atoms with Gasteiger partial charge in [0.05, 0.1) is 11.1 Å². The number of aldehydes is 1. The molecule has 1 aromatic heterocycles. The summed E-state index contributed by atoms with van der Waals surface area (Å²) in [5, 5.41) is 0. The first-order valence-corrected chi connectivity index (χ1v) is 8.61. The zero-order chi connectivity index (χ0) is 18.8. The fraction of sp³-hybridized carbons (Fsp3) is 0.200. The van der Waals surface area contributed by atoms with Gasteiger partial charge in [-0.25, -0.2) is 0 Å². The van der Waals surface area contributed by atoms with Gasteiger partial charge in [0.2, 0.25) is 0 Å². The Morgan fingerprint density at radius 2 is 1.73 bits per heavy atom. The topological polar surface area (TPSA) is 25.0 Å². The third-order valence-corrected chi connectivity index (χ3v) is 5.45. The van der Waals surface area contributed by atoms with Crippen molar-refractivity contribution in [1.29, 1.82) is 0 Å². The summed E-state index contributed by atoms with van der Waals surface area (Å²) in [6.07, 6.45) is 0.680. The van der Waals surface area contributed by atoms with Gasteiger partial charge in [-0.05, 0) is 43.7 Å². The van der Waals surface area contributed by atoms with Gasteiger partial charge in [0, 0.05) is 18.2 Å². The number of aryl methyl sites for hydroxylation is 2. The monoisotopic (exact) mass is 352 g/mol. The Balaban J connectivity index is 2.23. The van der Waals surface area contributed by atoms with Gasteiger partial charge in [0.25, 0.3) is 0 Å². The first kappa shape index (κ1) is 16.7. The number of hydrogen-bond donors (Lipinski definition) is 0. The van der Waals surface area contributed by atoms with Crippen LogP contribution in [0.1, 0.15) is 36.4 Å². The number of hydrogen-bond acceptors (Lipinski definition) is 1. The molecule has 2 aromatic rings. The summed E-state index contributed by atoms with van der Waals surface area (Å²) >= 11 is 0. The van der Waals surface area contributed by atoms with E-state index in [1.54, 1.807) is 26.8 Å². The molecule has 0 aliphatic carbocycles. The van der Waals surface area contributed by atoms with E-state index in [1.807, 2.05) is 37.3 Å². The van der Waals surface area contributed by atoms with E-state index in [1.165, 1.54) is 0 Å². The lowest BCUT2D eigenvalue weighted by atomic mass is 9.84. The quantitative estimate of drug-likeness (QED) is 0.590. The maximum atomic E-state index is 15.6. The number of nitrogens with zero attached hydrogens (tertiary/aromatic N) is 2. The van der Waals surface area contributed by atoms with Crippen molar-refractivity contribution < 1.29 is 17.9 Å². The van der Waals surface area contributed by atoms with Crippen molar-refractivity contribution in [2.75, 3.05) is 0 Å². The summed E-state index contributed by atoms with van der Waals surface area (Å²) in [5.74, 6) is 0. The second-order valence-corrected chi connectivity index (χ2v) is 6.98. The fourth-order valence-corrected chi connectivity index (χ4v) is 4.39. The lowest BCUT2D eigenvalue weighted by Crippen LogP contribution is -2.51. The SMILES string of the molecule is CC1=C(C=O)C(C)=[N+]2C1=C(c1ccccc1)c1c(C)cc(C)n1[B-]2(F)F. The minimum Gasteiger partial charge on any atom is -0.393 e. The molecule has 0 bridgehead atoms. The van der Waals surface area contributed by atoms with Crippen LogP contribution in [0.3, 0.4) is 0 Å². The lowest BCUT2D eigenvalue weighted by Gasteiger charge is -2.34. The fourth-order valence-electron chi connectivity index (χ4n) is 4.39. The van der Waals surface area contributed by atoms with Crippen molar-refractivity contribution >= 4 is 24.5 Å². The van der Waals surface area contributed by atoms with Gasteiger partial charge in [0.1, 0.15) is 5.71 Å². The average Bonchev–Trinajstić information content (AvgIpc) is 3.04. The molecule has 4 rings (SSSR count). The summed E-state index contributed by atoms with van der Waals surface area (Å²) in [7, 11) is 0. The molecule has 0 N–H and O–H groups in total. The molecule has 3 heterocycles. The summed E-state index contributed by atoms with van der Waals surface area (Å²) in [6.45, 7) is 2.82. The first-order chi connectivity index (χ1) is 12.3. The van der Waals surface area contributed by atoms with E-state index in [2.05, 4.69) is 0 Å². The zero-order valence-corrected chi connectivity index (χ0v) is 15.2. The highest BCUT2D eigenvalue weighted by molar-refractivity contribution is 6.58. The first-order valence-electron chi connectivity index (χ1n) is 8.61. The summed E-state index contributed by atoms with van der Waals surface area (Å²) < 4.78 is 33.4. The summed E-state index contributed by atoms with van der Waals surface area (Å²) in [4.78, 5) is 11.6. The number of halogens is 2. The minimum absolute atomic E-state index is 0.308. The largest absolute Gasteiger partial charge is 0.737 e. The maximum Gasteiger partial charge on any atom is 0.737 e. The third-order valence-electron chi connectivity index (χ3n) is 5.45. The Hall–Kier alpha value is -2.76. The van der Waals surface area contributed by atoms with Gasteiger partial charge < -0.3 is 17.6 Å². The van der Waals surface area contributed by atoms with Crippen LogP contribution >= 0.6 is 0 Å². The molecule has 132 valence electrons. The molecule has 1 aromatic carbocycles. The lowest BCUT2D eigenvalue weighted by molar-refractivity contribution is -0.363. The number of fused-ring (bicyclic) bond motifs is 2. The van der Waals surface area contributed by atoms with Crippen LogP contribution in [0.15, 0.2) is 53.2 Å². The molecule has 26 heavy (non-hydrogen) atoms. The van der Waals surface area contributed by atoms with E-state index in [0.29, 0.717) is 40.2 Å². The molecule has 0 atom stereocenters. The molecular formula is C20H19BF2N2O. The molecule has 0 unspecified atom stereocenters. The molecule has 0 saturated carbocycles. The van der Waals surface area contributed by atoms with Crippen LogP contribution in [0.4, 0.5) is 8.63 Å². The number of carbonyl (C=O) groups excluding carboxylic acids is 1. The van der Waals surface area contributed by atoms with E-state index in [-0.39, 0.29) is 0 Å². The number of carbonyl (C=O) groups is 1. The molecule has 0 fully saturated rings. The van der Waals surface area contributed by atoms with Gasteiger partial charge in [-0.2, -0.15) is 0 Å². The average molecular weight is 352 g/mol. The van der Waals surface area contributed by atoms with Crippen molar-refractivity contribution in [3.63, 3.8) is 0 Å². The van der Waals surface area contributed by atoms with Crippen LogP contribution in [0.25, 0.3) is 5.57 Å². The zero-order valence-electron chi connectivity index (χ0n) is 15.2. The Bertz CT molecular complexity index is 1060. The summed E-state index contributed by atoms with van der Waals surface area (Å²) in [6, 6.07) is 11.3. The Morgan fingerprint density at radius 3 is 2.35 bits per heavy atom. The smallest absolute Gasteiger partial charge is 0.393 e. The molecule has 2 aliphatic rings. The molecule has 0 radical (unpaired) electrons. The predicted molar refractivity (Wildman–Crippen MR) is 99.4 cm³/mol. The van der Waals surface area contributed by atoms with Crippen LogP contribution < -0.4 is 0 Å². The van der Waals surface area contributed by atoms with E-state index < -0.39 is 6.97 Å². The second kappa shape index (κ2) is 5.37. The van der Waals surface area contributed by atoms with Crippen molar-refractivity contribution in [3.8, 4) is 0 Å². The van der Waals surface area contributed by atoms with Crippen LogP contribution in [0, 0.1) is 13.8 Å². The highest BCUT2D eigenvalue weighted by Gasteiger charge is 2.56. The molecule has 0 spiro atoms. The van der Waals surface area contributed by atoms with Gasteiger partial charge in [0.15, 0.2) is 12.0 Å². The molecule has 2 aliphatic heterocycles. The van der Waals surface area contributed by atoms with Gasteiger partial charge >= 0.3 is 6.97 Å². The number of aromatic nitrogens is 1. The van der Waals surface area contributed by atoms with Crippen LogP contribution in [-0.2, 0) is 4.79 Å². The number of allylic oxidation sites excluding steroid dienone is 2. The molecular weight excluding hydrogens is 333 g/mol. The molecule has 3 nitrogen and oxygen atoms in total. The third kappa shape index (κ3) is 1.93. The molecule has 0 amide bonds. The maximum absolute atomic E-state index is 15.6. The Labute approximate surface area is 151 Å². The van der Waals surface area contributed by atoms with Crippen molar-refractivity contribution in [1.82, 2.24) is 4.48 Å². The number of benzene rings is 1. The van der Waals surface area contributed by atoms with Crippen LogP contribution in [0.5, 0.6) is 0 Å². The van der Waals surface area contributed by atoms with Gasteiger partial charge in [-0.15, -0.1) is 0 Å². The van der Waals surface area contributed by atoms with E-state index in [9.17, 15) is 4.79 Å². The van der Waals surface area contributed by atoms with E-state index in [4.69, 9.17) is 0 Å². The highest BCUT2D eigenvalue weighted by Crippen LogP contribution is 2.45. The predicted octanol–water partition coefficient (Wildman–Crippen LogP) is 4.10. The minimum atomic E-state index is -4.08. The molecule has 0 saturated heterocycles. The van der Waals surface area contributed by atoms with E-state index >= 15 is 8.63 Å².